The molecule has 1 amide bonds. The lowest BCUT2D eigenvalue weighted by Gasteiger charge is -2.57. The highest BCUT2D eigenvalue weighted by atomic mass is 16.5. The first-order valence-electron chi connectivity index (χ1n) is 8.79. The van der Waals surface area contributed by atoms with Crippen molar-refractivity contribution in [3.63, 3.8) is 0 Å². The first kappa shape index (κ1) is 14.8. The molecule has 0 atom stereocenters. The Balaban J connectivity index is 1.24. The second kappa shape index (κ2) is 5.52. The Kier molecular flexibility index (Phi) is 3.28. The summed E-state index contributed by atoms with van der Waals surface area (Å²) in [5.41, 5.74) is 3.27. The van der Waals surface area contributed by atoms with Crippen molar-refractivity contribution in [2.45, 2.75) is 30.8 Å². The highest BCUT2D eigenvalue weighted by molar-refractivity contribution is 5.95. The standard InChI is InChI=1S/C19H20N4O2/c24-17(23-6-5-19(23)11-25-12-19)15-9-20-18(21-10-15)22-16-7-13-3-1-2-4-14(13)8-16/h1-4,9-10,16H,5-8,11-12H2,(H,20,21,22). The highest BCUT2D eigenvalue weighted by Crippen LogP contribution is 2.38. The van der Waals surface area contributed by atoms with Gasteiger partial charge < -0.3 is 15.0 Å². The second-order valence-corrected chi connectivity index (χ2v) is 7.24. The predicted molar refractivity (Wildman–Crippen MR) is 92.5 cm³/mol. The van der Waals surface area contributed by atoms with Crippen LogP contribution in [0.15, 0.2) is 36.7 Å². The smallest absolute Gasteiger partial charge is 0.257 e. The number of amides is 1. The van der Waals surface area contributed by atoms with Crippen LogP contribution >= 0.6 is 0 Å². The molecule has 5 rings (SSSR count). The summed E-state index contributed by atoms with van der Waals surface area (Å²) >= 11 is 0. The Morgan fingerprint density at radius 2 is 1.84 bits per heavy atom. The minimum atomic E-state index is -0.0520. The van der Waals surface area contributed by atoms with Gasteiger partial charge in [-0.3, -0.25) is 4.79 Å². The minimum absolute atomic E-state index is 0.00868. The zero-order valence-electron chi connectivity index (χ0n) is 13.9. The third-order valence-corrected chi connectivity index (χ3v) is 5.64. The Morgan fingerprint density at radius 3 is 2.36 bits per heavy atom. The maximum absolute atomic E-state index is 12.6. The fraction of sp³-hybridized carbons (Fsp3) is 0.421. The van der Waals surface area contributed by atoms with Gasteiger partial charge in [-0.1, -0.05) is 24.3 Å². The van der Waals surface area contributed by atoms with Crippen LogP contribution in [-0.2, 0) is 17.6 Å². The molecule has 2 fully saturated rings. The van der Waals surface area contributed by atoms with E-state index in [2.05, 4.69) is 39.6 Å². The molecule has 0 radical (unpaired) electrons. The number of nitrogens with one attached hydrogen (secondary N) is 1. The Labute approximate surface area is 146 Å². The van der Waals surface area contributed by atoms with Crippen LogP contribution in [0.5, 0.6) is 0 Å². The van der Waals surface area contributed by atoms with Gasteiger partial charge in [0.25, 0.3) is 5.91 Å². The van der Waals surface area contributed by atoms with E-state index in [1.54, 1.807) is 12.4 Å². The van der Waals surface area contributed by atoms with Crippen molar-refractivity contribution in [3.8, 4) is 0 Å². The van der Waals surface area contributed by atoms with Crippen LogP contribution in [0.3, 0.4) is 0 Å². The van der Waals surface area contributed by atoms with E-state index in [9.17, 15) is 4.79 Å². The van der Waals surface area contributed by atoms with Crippen LogP contribution in [0.1, 0.15) is 27.9 Å². The van der Waals surface area contributed by atoms with Crippen molar-refractivity contribution in [3.05, 3.63) is 53.3 Å². The fourth-order valence-corrected chi connectivity index (χ4v) is 4.01. The Bertz CT molecular complexity index is 786. The Morgan fingerprint density at radius 1 is 1.16 bits per heavy atom. The van der Waals surface area contributed by atoms with E-state index in [-0.39, 0.29) is 11.4 Å². The van der Waals surface area contributed by atoms with E-state index in [1.165, 1.54) is 11.1 Å². The number of ether oxygens (including phenoxy) is 1. The van der Waals surface area contributed by atoms with E-state index in [0.29, 0.717) is 30.8 Å². The van der Waals surface area contributed by atoms with Gasteiger partial charge in [0.2, 0.25) is 5.95 Å². The zero-order valence-corrected chi connectivity index (χ0v) is 13.9. The summed E-state index contributed by atoms with van der Waals surface area (Å²) in [6.07, 6.45) is 6.26. The second-order valence-electron chi connectivity index (χ2n) is 7.24. The summed E-state index contributed by atoms with van der Waals surface area (Å²) in [6.45, 7) is 2.10. The van der Waals surface area contributed by atoms with Crippen LogP contribution in [0.25, 0.3) is 0 Å². The summed E-state index contributed by atoms with van der Waals surface area (Å²) in [5.74, 6) is 0.592. The molecule has 2 saturated heterocycles. The van der Waals surface area contributed by atoms with Crippen LogP contribution in [0.4, 0.5) is 5.95 Å². The van der Waals surface area contributed by atoms with Gasteiger partial charge in [-0.15, -0.1) is 0 Å². The van der Waals surface area contributed by atoms with E-state index >= 15 is 0 Å². The van der Waals surface area contributed by atoms with Gasteiger partial charge in [-0.05, 0) is 30.4 Å². The molecule has 2 aromatic rings. The van der Waals surface area contributed by atoms with Gasteiger partial charge in [-0.2, -0.15) is 0 Å². The van der Waals surface area contributed by atoms with Crippen molar-refractivity contribution in [1.29, 1.82) is 0 Å². The summed E-state index contributed by atoms with van der Waals surface area (Å²) in [7, 11) is 0. The van der Waals surface area contributed by atoms with E-state index in [0.717, 1.165) is 25.8 Å². The van der Waals surface area contributed by atoms with E-state index < -0.39 is 0 Å². The monoisotopic (exact) mass is 336 g/mol. The van der Waals surface area contributed by atoms with Gasteiger partial charge in [0.15, 0.2) is 0 Å². The molecule has 6 nitrogen and oxygen atoms in total. The molecule has 0 bridgehead atoms. The number of rotatable bonds is 3. The molecule has 128 valence electrons. The predicted octanol–water partition coefficient (Wildman–Crippen LogP) is 1.67. The molecule has 2 aliphatic heterocycles. The largest absolute Gasteiger partial charge is 0.376 e. The van der Waals surface area contributed by atoms with E-state index in [1.807, 2.05) is 4.90 Å². The number of likely N-dealkylation sites (tertiary alicyclic amines) is 1. The van der Waals surface area contributed by atoms with Crippen LogP contribution < -0.4 is 5.32 Å². The number of nitrogens with zero attached hydrogens (tertiary/aromatic N) is 3. The molecule has 25 heavy (non-hydrogen) atoms. The molecular weight excluding hydrogens is 316 g/mol. The van der Waals surface area contributed by atoms with Crippen LogP contribution in [0.2, 0.25) is 0 Å². The maximum Gasteiger partial charge on any atom is 0.257 e. The van der Waals surface area contributed by atoms with Gasteiger partial charge in [0.1, 0.15) is 0 Å². The zero-order chi connectivity index (χ0) is 16.9. The number of carbonyl (C=O) groups excluding carboxylic acids is 1. The fourth-order valence-electron chi connectivity index (χ4n) is 4.01. The van der Waals surface area contributed by atoms with Crippen molar-refractivity contribution in [2.75, 3.05) is 25.1 Å². The van der Waals surface area contributed by atoms with Crippen molar-refractivity contribution in [1.82, 2.24) is 14.9 Å². The first-order chi connectivity index (χ1) is 12.2. The summed E-state index contributed by atoms with van der Waals surface area (Å²) < 4.78 is 5.28. The first-order valence-corrected chi connectivity index (χ1v) is 8.79. The number of anilines is 1. The lowest BCUT2D eigenvalue weighted by Crippen LogP contribution is -2.72. The molecule has 1 N–H and O–H groups in total. The number of aromatic nitrogens is 2. The van der Waals surface area contributed by atoms with Gasteiger partial charge in [0.05, 0.1) is 24.3 Å². The highest BCUT2D eigenvalue weighted by Gasteiger charge is 2.53. The molecule has 1 aromatic heterocycles. The molecule has 3 aliphatic rings. The van der Waals surface area contributed by atoms with Gasteiger partial charge in [0, 0.05) is 25.0 Å². The number of benzene rings is 1. The van der Waals surface area contributed by atoms with E-state index in [4.69, 9.17) is 4.74 Å². The summed E-state index contributed by atoms with van der Waals surface area (Å²) in [5, 5.41) is 3.38. The number of carbonyl (C=O) groups is 1. The normalized spacial score (nSPS) is 20.7. The summed E-state index contributed by atoms with van der Waals surface area (Å²) in [4.78, 5) is 23.2. The molecule has 1 aliphatic carbocycles. The molecule has 3 heterocycles. The third-order valence-electron chi connectivity index (χ3n) is 5.64. The Hall–Kier alpha value is -2.47. The molecule has 1 aromatic carbocycles. The number of fused-ring (bicyclic) bond motifs is 1. The van der Waals surface area contributed by atoms with Crippen molar-refractivity contribution >= 4 is 11.9 Å². The maximum atomic E-state index is 12.6. The quantitative estimate of drug-likeness (QED) is 0.923. The van der Waals surface area contributed by atoms with Gasteiger partial charge in [-0.25, -0.2) is 9.97 Å². The van der Waals surface area contributed by atoms with Gasteiger partial charge >= 0.3 is 0 Å². The third kappa shape index (κ3) is 2.40. The molecule has 0 unspecified atom stereocenters. The molecule has 0 saturated carbocycles. The summed E-state index contributed by atoms with van der Waals surface area (Å²) in [6, 6.07) is 8.81. The van der Waals surface area contributed by atoms with Crippen LogP contribution in [-0.4, -0.2) is 52.1 Å². The van der Waals surface area contributed by atoms with Crippen LogP contribution in [0, 0.1) is 0 Å². The number of hydrogen-bond donors (Lipinski definition) is 1. The average Bonchev–Trinajstić information content (AvgIpc) is 2.95. The lowest BCUT2D eigenvalue weighted by molar-refractivity contribution is -0.172. The SMILES string of the molecule is O=C(c1cnc(NC2Cc3ccccc3C2)nc1)N1CCC12COC2. The van der Waals surface area contributed by atoms with Crippen molar-refractivity contribution in [2.24, 2.45) is 0 Å². The topological polar surface area (TPSA) is 67.4 Å². The lowest BCUT2D eigenvalue weighted by atomic mass is 9.82. The number of hydrogen-bond acceptors (Lipinski definition) is 5. The van der Waals surface area contributed by atoms with Crippen molar-refractivity contribution < 1.29 is 9.53 Å². The molecule has 1 spiro atoms. The molecule has 6 heteroatoms. The minimum Gasteiger partial charge on any atom is -0.376 e. The molecular formula is C19H20N4O2. The average molecular weight is 336 g/mol.